The smallest absolute Gasteiger partial charge is 0.134 e. The van der Waals surface area contributed by atoms with Crippen molar-refractivity contribution in [1.82, 2.24) is 5.32 Å². The van der Waals surface area contributed by atoms with Crippen LogP contribution in [-0.4, -0.2) is 6.54 Å². The van der Waals surface area contributed by atoms with Crippen molar-refractivity contribution in [3.05, 3.63) is 47.7 Å². The van der Waals surface area contributed by atoms with Crippen LogP contribution in [0.3, 0.4) is 0 Å². The van der Waals surface area contributed by atoms with E-state index in [0.717, 1.165) is 18.7 Å². The van der Waals surface area contributed by atoms with Crippen molar-refractivity contribution < 1.29 is 4.42 Å². The lowest BCUT2D eigenvalue weighted by Crippen LogP contribution is -2.15. The van der Waals surface area contributed by atoms with Crippen LogP contribution in [0.15, 0.2) is 46.6 Å². The first kappa shape index (κ1) is 12.5. The molecule has 1 aromatic carbocycles. The Balaban J connectivity index is 1.51. The molecule has 0 spiro atoms. The van der Waals surface area contributed by atoms with Crippen LogP contribution in [0.2, 0.25) is 0 Å². The molecule has 1 N–H and O–H groups in total. The molecule has 19 heavy (non-hydrogen) atoms. The van der Waals surface area contributed by atoms with E-state index < -0.39 is 0 Å². The van der Waals surface area contributed by atoms with Crippen molar-refractivity contribution >= 4 is 11.0 Å². The molecule has 0 radical (unpaired) electrons. The maximum absolute atomic E-state index is 5.54. The molecule has 0 unspecified atom stereocenters. The first-order chi connectivity index (χ1) is 9.43. The number of nitrogens with one attached hydrogen (secondary N) is 1. The molecule has 100 valence electrons. The van der Waals surface area contributed by atoms with Gasteiger partial charge >= 0.3 is 0 Å². The summed E-state index contributed by atoms with van der Waals surface area (Å²) >= 11 is 0. The van der Waals surface area contributed by atoms with Gasteiger partial charge in [-0.05, 0) is 44.7 Å². The summed E-state index contributed by atoms with van der Waals surface area (Å²) in [6, 6.07) is 8.22. The highest BCUT2D eigenvalue weighted by molar-refractivity contribution is 5.80. The average Bonchev–Trinajstić information content (AvgIpc) is 2.88. The maximum Gasteiger partial charge on any atom is 0.134 e. The molecule has 1 heterocycles. The number of allylic oxidation sites excluding steroid dienone is 1. The highest BCUT2D eigenvalue weighted by atomic mass is 16.3. The molecular weight excluding hydrogens is 234 g/mol. The van der Waals surface area contributed by atoms with Crippen LogP contribution in [0, 0.1) is 0 Å². The molecule has 1 aromatic heterocycles. The molecule has 2 heteroatoms. The monoisotopic (exact) mass is 255 g/mol. The summed E-state index contributed by atoms with van der Waals surface area (Å²) in [7, 11) is 0. The minimum atomic E-state index is 0.893. The standard InChI is InChI=1S/C17H21NO/c1-2-6-14(7-3-1)10-11-18-12-15-13-19-17-9-5-4-8-16(15)17/h4-6,8-9,13,18H,1-3,7,10-12H2. The Labute approximate surface area is 114 Å². The minimum Gasteiger partial charge on any atom is -0.464 e. The second-order valence-electron chi connectivity index (χ2n) is 5.29. The summed E-state index contributed by atoms with van der Waals surface area (Å²) in [6.07, 6.45) is 10.8. The van der Waals surface area contributed by atoms with Gasteiger partial charge in [-0.1, -0.05) is 29.8 Å². The molecular formula is C17H21NO. The number of para-hydroxylation sites is 1. The third-order valence-corrected chi connectivity index (χ3v) is 3.88. The van der Waals surface area contributed by atoms with Crippen LogP contribution in [0.4, 0.5) is 0 Å². The van der Waals surface area contributed by atoms with Gasteiger partial charge in [-0.15, -0.1) is 0 Å². The van der Waals surface area contributed by atoms with E-state index in [1.165, 1.54) is 43.1 Å². The molecule has 0 saturated heterocycles. The van der Waals surface area contributed by atoms with Crippen molar-refractivity contribution in [1.29, 1.82) is 0 Å². The van der Waals surface area contributed by atoms with E-state index in [4.69, 9.17) is 4.42 Å². The lowest BCUT2D eigenvalue weighted by Gasteiger charge is -2.12. The minimum absolute atomic E-state index is 0.893. The zero-order valence-corrected chi connectivity index (χ0v) is 11.3. The van der Waals surface area contributed by atoms with Gasteiger partial charge in [-0.2, -0.15) is 0 Å². The normalized spacial score (nSPS) is 15.7. The van der Waals surface area contributed by atoms with Gasteiger partial charge in [-0.3, -0.25) is 0 Å². The van der Waals surface area contributed by atoms with Crippen LogP contribution in [0.25, 0.3) is 11.0 Å². The third-order valence-electron chi connectivity index (χ3n) is 3.88. The summed E-state index contributed by atoms with van der Waals surface area (Å²) in [4.78, 5) is 0. The molecule has 1 aliphatic carbocycles. The zero-order chi connectivity index (χ0) is 12.9. The zero-order valence-electron chi connectivity index (χ0n) is 11.3. The quantitative estimate of drug-likeness (QED) is 0.632. The molecule has 1 aliphatic rings. The molecule has 0 saturated carbocycles. The first-order valence-electron chi connectivity index (χ1n) is 7.27. The largest absolute Gasteiger partial charge is 0.464 e. The maximum atomic E-state index is 5.54. The Morgan fingerprint density at radius 3 is 3.00 bits per heavy atom. The molecule has 3 rings (SSSR count). The fourth-order valence-corrected chi connectivity index (χ4v) is 2.77. The van der Waals surface area contributed by atoms with E-state index in [-0.39, 0.29) is 0 Å². The van der Waals surface area contributed by atoms with Gasteiger partial charge in [0.15, 0.2) is 0 Å². The van der Waals surface area contributed by atoms with Crippen molar-refractivity contribution in [3.8, 4) is 0 Å². The molecule has 0 atom stereocenters. The number of rotatable bonds is 5. The Morgan fingerprint density at radius 2 is 2.11 bits per heavy atom. The molecule has 2 nitrogen and oxygen atoms in total. The second kappa shape index (κ2) is 6.07. The summed E-state index contributed by atoms with van der Waals surface area (Å²) < 4.78 is 5.54. The molecule has 0 amide bonds. The SMILES string of the molecule is C1=C(CCNCc2coc3ccccc23)CCCC1. The molecule has 0 bridgehead atoms. The lowest BCUT2D eigenvalue weighted by atomic mass is 9.97. The van der Waals surface area contributed by atoms with Gasteiger partial charge < -0.3 is 9.73 Å². The second-order valence-corrected chi connectivity index (χ2v) is 5.29. The fraction of sp³-hybridized carbons (Fsp3) is 0.412. The van der Waals surface area contributed by atoms with E-state index in [2.05, 4.69) is 23.5 Å². The lowest BCUT2D eigenvalue weighted by molar-refractivity contribution is 0.598. The van der Waals surface area contributed by atoms with Crippen LogP contribution >= 0.6 is 0 Å². The Kier molecular flexibility index (Phi) is 3.99. The van der Waals surface area contributed by atoms with Crippen molar-refractivity contribution in [2.45, 2.75) is 38.6 Å². The summed E-state index contributed by atoms with van der Waals surface area (Å²) in [5.74, 6) is 0. The van der Waals surface area contributed by atoms with Crippen LogP contribution in [-0.2, 0) is 6.54 Å². The Bertz CT molecular complexity index is 567. The van der Waals surface area contributed by atoms with Gasteiger partial charge in [0, 0.05) is 17.5 Å². The number of fused-ring (bicyclic) bond motifs is 1. The van der Waals surface area contributed by atoms with Gasteiger partial charge in [0.2, 0.25) is 0 Å². The van der Waals surface area contributed by atoms with Crippen molar-refractivity contribution in [3.63, 3.8) is 0 Å². The highest BCUT2D eigenvalue weighted by Crippen LogP contribution is 2.21. The molecule has 2 aromatic rings. The Morgan fingerprint density at radius 1 is 1.16 bits per heavy atom. The summed E-state index contributed by atoms with van der Waals surface area (Å²) in [5, 5.41) is 4.75. The van der Waals surface area contributed by atoms with E-state index in [1.54, 1.807) is 5.57 Å². The number of benzene rings is 1. The number of hydrogen-bond acceptors (Lipinski definition) is 2. The van der Waals surface area contributed by atoms with Gasteiger partial charge in [0.05, 0.1) is 6.26 Å². The Hall–Kier alpha value is -1.54. The van der Waals surface area contributed by atoms with Crippen LogP contribution < -0.4 is 5.32 Å². The van der Waals surface area contributed by atoms with E-state index in [9.17, 15) is 0 Å². The topological polar surface area (TPSA) is 25.2 Å². The van der Waals surface area contributed by atoms with Gasteiger partial charge in [-0.25, -0.2) is 0 Å². The molecule has 0 fully saturated rings. The van der Waals surface area contributed by atoms with Gasteiger partial charge in [0.1, 0.15) is 5.58 Å². The van der Waals surface area contributed by atoms with E-state index in [0.29, 0.717) is 0 Å². The number of furan rings is 1. The van der Waals surface area contributed by atoms with E-state index >= 15 is 0 Å². The van der Waals surface area contributed by atoms with Crippen molar-refractivity contribution in [2.24, 2.45) is 0 Å². The summed E-state index contributed by atoms with van der Waals surface area (Å²) in [5.41, 5.74) is 3.87. The van der Waals surface area contributed by atoms with Gasteiger partial charge in [0.25, 0.3) is 0 Å². The fourth-order valence-electron chi connectivity index (χ4n) is 2.77. The predicted molar refractivity (Wildman–Crippen MR) is 79.1 cm³/mol. The van der Waals surface area contributed by atoms with Crippen molar-refractivity contribution in [2.75, 3.05) is 6.54 Å². The summed E-state index contributed by atoms with van der Waals surface area (Å²) in [6.45, 7) is 1.95. The van der Waals surface area contributed by atoms with Crippen LogP contribution in [0.5, 0.6) is 0 Å². The van der Waals surface area contributed by atoms with Crippen LogP contribution in [0.1, 0.15) is 37.7 Å². The average molecular weight is 255 g/mol. The molecule has 0 aliphatic heterocycles. The highest BCUT2D eigenvalue weighted by Gasteiger charge is 2.05. The van der Waals surface area contributed by atoms with E-state index in [1.807, 2.05) is 18.4 Å². The predicted octanol–water partition coefficient (Wildman–Crippen LogP) is 4.41. The number of hydrogen-bond donors (Lipinski definition) is 1. The third kappa shape index (κ3) is 3.07. The first-order valence-corrected chi connectivity index (χ1v) is 7.27.